The van der Waals surface area contributed by atoms with Crippen molar-refractivity contribution in [3.8, 4) is 0 Å². The Bertz CT molecular complexity index is 173. The molecule has 130 valence electrons. The Morgan fingerprint density at radius 1 is 0.571 bits per heavy atom. The highest BCUT2D eigenvalue weighted by Crippen LogP contribution is 2.17. The summed E-state index contributed by atoms with van der Waals surface area (Å²) in [5, 5.41) is 1.17. The van der Waals surface area contributed by atoms with Crippen molar-refractivity contribution in [3.05, 3.63) is 0 Å². The lowest BCUT2D eigenvalue weighted by atomic mass is 10.1. The van der Waals surface area contributed by atoms with E-state index in [9.17, 15) is 0 Å². The Kier molecular flexibility index (Phi) is 19.5. The van der Waals surface area contributed by atoms with E-state index in [2.05, 4.69) is 36.7 Å². The largest absolute Gasteiger partial charge is 1.00 e. The fourth-order valence-corrected chi connectivity index (χ4v) is 3.50. The molecule has 0 rings (SSSR count). The average molecular weight is 385 g/mol. The lowest BCUT2D eigenvalue weighted by Gasteiger charge is -2.39. The molecule has 0 radical (unpaired) electrons. The van der Waals surface area contributed by atoms with Gasteiger partial charge in [0.25, 0.3) is 0 Å². The van der Waals surface area contributed by atoms with Crippen LogP contribution in [0, 0.1) is 0 Å². The highest BCUT2D eigenvalue weighted by atomic mass is 79.9. The number of alkyl halides is 1. The van der Waals surface area contributed by atoms with Crippen molar-refractivity contribution in [3.63, 3.8) is 0 Å². The summed E-state index contributed by atoms with van der Waals surface area (Å²) in [6.45, 7) is 12.7. The minimum Gasteiger partial charge on any atom is -1.00 e. The van der Waals surface area contributed by atoms with Crippen LogP contribution < -0.4 is 12.4 Å². The van der Waals surface area contributed by atoms with Crippen LogP contribution in [0.4, 0.5) is 0 Å². The van der Waals surface area contributed by atoms with Crippen LogP contribution in [0.2, 0.25) is 0 Å². The third-order valence-corrected chi connectivity index (χ3v) is 5.03. The second-order valence-corrected chi connectivity index (χ2v) is 7.19. The first-order valence-corrected chi connectivity index (χ1v) is 10.3. The zero-order chi connectivity index (χ0) is 15.1. The average Bonchev–Trinajstić information content (AvgIpc) is 2.46. The second-order valence-electron chi connectivity index (χ2n) is 6.40. The van der Waals surface area contributed by atoms with Gasteiger partial charge in [-0.1, -0.05) is 56.0 Å². The van der Waals surface area contributed by atoms with Gasteiger partial charge in [-0.3, -0.25) is 0 Å². The van der Waals surface area contributed by atoms with Gasteiger partial charge in [0, 0.05) is 5.33 Å². The van der Waals surface area contributed by atoms with Crippen molar-refractivity contribution in [2.75, 3.05) is 31.5 Å². The van der Waals surface area contributed by atoms with Gasteiger partial charge in [0.05, 0.1) is 26.2 Å². The maximum absolute atomic E-state index is 3.59. The van der Waals surface area contributed by atoms with E-state index in [0.29, 0.717) is 0 Å². The number of rotatable bonds is 15. The Hall–Kier alpha value is 0.730. The molecule has 0 spiro atoms. The minimum absolute atomic E-state index is 0. The minimum atomic E-state index is 0. The molecule has 0 aliphatic carbocycles. The molecule has 21 heavy (non-hydrogen) atoms. The summed E-state index contributed by atoms with van der Waals surface area (Å²) in [6.07, 6.45) is 13.9. The van der Waals surface area contributed by atoms with Crippen molar-refractivity contribution in [1.82, 2.24) is 0 Å². The third-order valence-electron chi connectivity index (χ3n) is 4.47. The van der Waals surface area contributed by atoms with Gasteiger partial charge in [0.1, 0.15) is 0 Å². The van der Waals surface area contributed by atoms with Crippen molar-refractivity contribution < 1.29 is 16.9 Å². The van der Waals surface area contributed by atoms with Crippen molar-refractivity contribution in [2.45, 2.75) is 85.0 Å². The number of halogens is 2. The second kappa shape index (κ2) is 17.1. The molecule has 0 aliphatic heterocycles. The summed E-state index contributed by atoms with van der Waals surface area (Å²) in [7, 11) is 0. The number of nitrogens with zero attached hydrogens (tertiary/aromatic N) is 1. The fraction of sp³-hybridized carbons (Fsp3) is 1.00. The molecule has 0 fully saturated rings. The first kappa shape index (κ1) is 24.0. The third kappa shape index (κ3) is 12.9. The molecule has 0 aromatic carbocycles. The molecule has 0 unspecified atom stereocenters. The van der Waals surface area contributed by atoms with Gasteiger partial charge >= 0.3 is 0 Å². The van der Waals surface area contributed by atoms with E-state index >= 15 is 0 Å². The van der Waals surface area contributed by atoms with Gasteiger partial charge < -0.3 is 16.9 Å². The maximum atomic E-state index is 3.59. The number of hydrogen-bond acceptors (Lipinski definition) is 0. The molecule has 0 saturated carbocycles. The summed E-state index contributed by atoms with van der Waals surface area (Å²) in [6, 6.07) is 0. The molecule has 0 heterocycles. The Labute approximate surface area is 149 Å². The van der Waals surface area contributed by atoms with E-state index < -0.39 is 0 Å². The van der Waals surface area contributed by atoms with Gasteiger partial charge in [0.2, 0.25) is 0 Å². The predicted octanol–water partition coefficient (Wildman–Crippen LogP) is 3.16. The quantitative estimate of drug-likeness (QED) is 0.231. The van der Waals surface area contributed by atoms with E-state index in [4.69, 9.17) is 0 Å². The first-order chi connectivity index (χ1) is 9.74. The summed E-state index contributed by atoms with van der Waals surface area (Å²) in [5.41, 5.74) is 0. The van der Waals surface area contributed by atoms with Crippen LogP contribution in [0.3, 0.4) is 0 Å². The highest BCUT2D eigenvalue weighted by Gasteiger charge is 2.25. The van der Waals surface area contributed by atoms with Crippen molar-refractivity contribution >= 4 is 15.9 Å². The Balaban J connectivity index is 0. The topological polar surface area (TPSA) is 0 Å². The summed E-state index contributed by atoms with van der Waals surface area (Å²) in [4.78, 5) is 0. The van der Waals surface area contributed by atoms with Crippen LogP contribution >= 0.6 is 15.9 Å². The number of unbranched alkanes of at least 4 members (excludes halogenated alkanes) is 6. The number of quaternary nitrogens is 1. The van der Waals surface area contributed by atoms with Crippen LogP contribution in [0.5, 0.6) is 0 Å². The standard InChI is InChI=1S/C18H39BrN.ClH/c1-4-7-11-16-20(15-9-6-3,17-12-8-5-2)18-13-10-14-19;/h4-18H2,1-3H3;1H/q+1;/p-1. The molecule has 0 N–H and O–H groups in total. The monoisotopic (exact) mass is 383 g/mol. The molecule has 0 amide bonds. The van der Waals surface area contributed by atoms with Crippen LogP contribution in [-0.4, -0.2) is 36.0 Å². The number of hydrogen-bond donors (Lipinski definition) is 0. The van der Waals surface area contributed by atoms with Crippen LogP contribution in [0.1, 0.15) is 85.0 Å². The lowest BCUT2D eigenvalue weighted by molar-refractivity contribution is -0.929. The maximum Gasteiger partial charge on any atom is 0.0786 e. The first-order valence-electron chi connectivity index (χ1n) is 9.15. The van der Waals surface area contributed by atoms with Gasteiger partial charge in [-0.2, -0.15) is 0 Å². The van der Waals surface area contributed by atoms with Crippen LogP contribution in [-0.2, 0) is 0 Å². The van der Waals surface area contributed by atoms with Crippen LogP contribution in [0.15, 0.2) is 0 Å². The molecular formula is C18H39BrClN. The SMILES string of the molecule is CCCCC[N+](CCCC)(CCCCC)CCCCBr.[Cl-]. The Morgan fingerprint density at radius 3 is 1.33 bits per heavy atom. The smallest absolute Gasteiger partial charge is 0.0786 e. The molecule has 0 aromatic rings. The highest BCUT2D eigenvalue weighted by molar-refractivity contribution is 9.09. The molecule has 0 aliphatic rings. The molecular weight excluding hydrogens is 346 g/mol. The normalized spacial score (nSPS) is 11.4. The van der Waals surface area contributed by atoms with E-state index in [1.165, 1.54) is 100 Å². The van der Waals surface area contributed by atoms with E-state index in [1.807, 2.05) is 0 Å². The van der Waals surface area contributed by atoms with Crippen LogP contribution in [0.25, 0.3) is 0 Å². The van der Waals surface area contributed by atoms with E-state index in [1.54, 1.807) is 0 Å². The molecule has 0 atom stereocenters. The van der Waals surface area contributed by atoms with E-state index in [0.717, 1.165) is 0 Å². The predicted molar refractivity (Wildman–Crippen MR) is 96.7 cm³/mol. The summed E-state index contributed by atoms with van der Waals surface area (Å²) in [5.74, 6) is 0. The summed E-state index contributed by atoms with van der Waals surface area (Å²) < 4.78 is 1.42. The zero-order valence-corrected chi connectivity index (χ0v) is 17.2. The van der Waals surface area contributed by atoms with Gasteiger partial charge in [-0.15, -0.1) is 0 Å². The molecule has 0 aromatic heterocycles. The molecule has 1 nitrogen and oxygen atoms in total. The molecule has 3 heteroatoms. The summed E-state index contributed by atoms with van der Waals surface area (Å²) >= 11 is 3.59. The Morgan fingerprint density at radius 2 is 0.952 bits per heavy atom. The lowest BCUT2D eigenvalue weighted by Crippen LogP contribution is -3.00. The van der Waals surface area contributed by atoms with Gasteiger partial charge in [-0.25, -0.2) is 0 Å². The van der Waals surface area contributed by atoms with E-state index in [-0.39, 0.29) is 12.4 Å². The van der Waals surface area contributed by atoms with Crippen molar-refractivity contribution in [1.29, 1.82) is 0 Å². The van der Waals surface area contributed by atoms with Crippen molar-refractivity contribution in [2.24, 2.45) is 0 Å². The molecule has 0 saturated heterocycles. The molecule has 0 bridgehead atoms. The van der Waals surface area contributed by atoms with Gasteiger partial charge in [-0.05, 0) is 44.9 Å². The fourth-order valence-electron chi connectivity index (χ4n) is 3.10. The zero-order valence-electron chi connectivity index (χ0n) is 14.8. The van der Waals surface area contributed by atoms with Gasteiger partial charge in [0.15, 0.2) is 0 Å².